The lowest BCUT2D eigenvalue weighted by molar-refractivity contribution is -0.384. The molecule has 2 rings (SSSR count). The van der Waals surface area contributed by atoms with Crippen LogP contribution in [0.5, 0.6) is 5.75 Å². The fourth-order valence-electron chi connectivity index (χ4n) is 1.57. The first-order valence-electron chi connectivity index (χ1n) is 5.47. The van der Waals surface area contributed by atoms with Crippen LogP contribution in [0.15, 0.2) is 22.7 Å². The molecule has 0 atom stereocenters. The minimum atomic E-state index is -0.501. The fraction of sp³-hybridized carbons (Fsp3) is 0.250. The van der Waals surface area contributed by atoms with Gasteiger partial charge in [-0.1, -0.05) is 16.8 Å². The number of halogens is 1. The Morgan fingerprint density at radius 3 is 2.79 bits per heavy atom. The lowest BCUT2D eigenvalue weighted by atomic mass is 10.2. The first-order valence-corrected chi connectivity index (χ1v) is 5.85. The van der Waals surface area contributed by atoms with Crippen LogP contribution >= 0.6 is 11.6 Å². The molecule has 2 aromatic rings. The van der Waals surface area contributed by atoms with Crippen LogP contribution in [0.4, 0.5) is 5.69 Å². The maximum atomic E-state index is 10.7. The number of nitro benzene ring substituents is 1. The second-order valence-electron chi connectivity index (χ2n) is 3.96. The predicted molar refractivity (Wildman–Crippen MR) is 68.4 cm³/mol. The van der Waals surface area contributed by atoms with Crippen molar-refractivity contribution in [1.29, 1.82) is 0 Å². The molecule has 7 heteroatoms. The van der Waals surface area contributed by atoms with Crippen LogP contribution in [0.1, 0.15) is 17.0 Å². The summed E-state index contributed by atoms with van der Waals surface area (Å²) in [5, 5.41) is 14.8. The molecule has 1 aromatic heterocycles. The SMILES string of the molecule is Cc1noc(C)c1COc1cc([N+](=O)[O-])ccc1Cl. The quantitative estimate of drug-likeness (QED) is 0.634. The third-order valence-electron chi connectivity index (χ3n) is 2.68. The zero-order valence-corrected chi connectivity index (χ0v) is 11.1. The normalized spacial score (nSPS) is 10.5. The Labute approximate surface area is 114 Å². The second kappa shape index (κ2) is 5.27. The number of hydrogen-bond donors (Lipinski definition) is 0. The van der Waals surface area contributed by atoms with Crippen molar-refractivity contribution in [2.75, 3.05) is 0 Å². The summed E-state index contributed by atoms with van der Waals surface area (Å²) in [6.07, 6.45) is 0. The molecule has 0 aliphatic carbocycles. The number of non-ortho nitro benzene ring substituents is 1. The summed E-state index contributed by atoms with van der Waals surface area (Å²) in [7, 11) is 0. The molecule has 100 valence electrons. The summed E-state index contributed by atoms with van der Waals surface area (Å²) < 4.78 is 10.5. The van der Waals surface area contributed by atoms with Gasteiger partial charge in [0.05, 0.1) is 27.3 Å². The summed E-state index contributed by atoms with van der Waals surface area (Å²) in [5.74, 6) is 0.912. The summed E-state index contributed by atoms with van der Waals surface area (Å²) in [5.41, 5.74) is 1.46. The van der Waals surface area contributed by atoms with E-state index in [-0.39, 0.29) is 18.0 Å². The van der Waals surface area contributed by atoms with Crippen LogP contribution in [-0.2, 0) is 6.61 Å². The van der Waals surface area contributed by atoms with Gasteiger partial charge in [0, 0.05) is 6.07 Å². The van der Waals surface area contributed by atoms with Crippen LogP contribution in [0, 0.1) is 24.0 Å². The molecule has 0 amide bonds. The molecular weight excluding hydrogens is 272 g/mol. The van der Waals surface area contributed by atoms with E-state index in [2.05, 4.69) is 5.16 Å². The summed E-state index contributed by atoms with van der Waals surface area (Å²) in [4.78, 5) is 10.2. The molecule has 0 spiro atoms. The molecule has 0 N–H and O–H groups in total. The molecule has 0 saturated carbocycles. The molecule has 0 unspecified atom stereocenters. The van der Waals surface area contributed by atoms with E-state index in [4.69, 9.17) is 20.9 Å². The van der Waals surface area contributed by atoms with Crippen molar-refractivity contribution in [1.82, 2.24) is 5.16 Å². The molecule has 6 nitrogen and oxygen atoms in total. The molecule has 1 heterocycles. The molecule has 0 radical (unpaired) electrons. The van der Waals surface area contributed by atoms with Gasteiger partial charge in [0.2, 0.25) is 0 Å². The highest BCUT2D eigenvalue weighted by Crippen LogP contribution is 2.30. The Balaban J connectivity index is 2.20. The minimum absolute atomic E-state index is 0.0711. The van der Waals surface area contributed by atoms with Gasteiger partial charge in [-0.3, -0.25) is 10.1 Å². The topological polar surface area (TPSA) is 78.4 Å². The van der Waals surface area contributed by atoms with Gasteiger partial charge in [-0.05, 0) is 19.9 Å². The zero-order valence-electron chi connectivity index (χ0n) is 10.3. The third-order valence-corrected chi connectivity index (χ3v) is 2.99. The number of benzene rings is 1. The van der Waals surface area contributed by atoms with Crippen LogP contribution in [0.2, 0.25) is 5.02 Å². The first-order chi connectivity index (χ1) is 8.99. The Bertz CT molecular complexity index is 605. The van der Waals surface area contributed by atoms with Gasteiger partial charge in [0.1, 0.15) is 18.1 Å². The third kappa shape index (κ3) is 2.85. The minimum Gasteiger partial charge on any atom is -0.487 e. The van der Waals surface area contributed by atoms with Crippen LogP contribution in [0.3, 0.4) is 0 Å². The van der Waals surface area contributed by atoms with Crippen molar-refractivity contribution >= 4 is 17.3 Å². The smallest absolute Gasteiger partial charge is 0.273 e. The molecule has 0 aliphatic rings. The van der Waals surface area contributed by atoms with Crippen molar-refractivity contribution in [3.05, 3.63) is 50.4 Å². The number of hydrogen-bond acceptors (Lipinski definition) is 5. The van der Waals surface area contributed by atoms with E-state index in [1.165, 1.54) is 18.2 Å². The van der Waals surface area contributed by atoms with Crippen molar-refractivity contribution in [2.45, 2.75) is 20.5 Å². The molecule has 0 bridgehead atoms. The van der Waals surface area contributed by atoms with Crippen LogP contribution < -0.4 is 4.74 Å². The van der Waals surface area contributed by atoms with Crippen molar-refractivity contribution in [3.63, 3.8) is 0 Å². The van der Waals surface area contributed by atoms with E-state index in [1.807, 2.05) is 0 Å². The molecule has 0 aliphatic heterocycles. The van der Waals surface area contributed by atoms with E-state index in [1.54, 1.807) is 13.8 Å². The Morgan fingerprint density at radius 2 is 2.21 bits per heavy atom. The maximum absolute atomic E-state index is 10.7. The van der Waals surface area contributed by atoms with E-state index < -0.39 is 4.92 Å². The van der Waals surface area contributed by atoms with Crippen LogP contribution in [0.25, 0.3) is 0 Å². The highest BCUT2D eigenvalue weighted by Gasteiger charge is 2.13. The molecular formula is C12H11ClN2O4. The molecule has 0 fully saturated rings. The highest BCUT2D eigenvalue weighted by molar-refractivity contribution is 6.32. The van der Waals surface area contributed by atoms with Gasteiger partial charge in [-0.2, -0.15) is 0 Å². The average Bonchev–Trinajstić information content (AvgIpc) is 2.68. The maximum Gasteiger partial charge on any atom is 0.273 e. The lowest BCUT2D eigenvalue weighted by Gasteiger charge is -2.07. The molecule has 0 saturated heterocycles. The first kappa shape index (κ1) is 13.4. The van der Waals surface area contributed by atoms with Gasteiger partial charge in [0.15, 0.2) is 0 Å². The highest BCUT2D eigenvalue weighted by atomic mass is 35.5. The number of nitro groups is 1. The van der Waals surface area contributed by atoms with Gasteiger partial charge < -0.3 is 9.26 Å². The number of nitrogens with zero attached hydrogens (tertiary/aromatic N) is 2. The largest absolute Gasteiger partial charge is 0.487 e. The predicted octanol–water partition coefficient (Wildman–Crippen LogP) is 3.43. The lowest BCUT2D eigenvalue weighted by Crippen LogP contribution is -1.99. The van der Waals surface area contributed by atoms with Gasteiger partial charge in [-0.25, -0.2) is 0 Å². The van der Waals surface area contributed by atoms with Gasteiger partial charge >= 0.3 is 0 Å². The Hall–Kier alpha value is -2.08. The second-order valence-corrected chi connectivity index (χ2v) is 4.37. The van der Waals surface area contributed by atoms with Crippen molar-refractivity contribution in [3.8, 4) is 5.75 Å². The van der Waals surface area contributed by atoms with Gasteiger partial charge in [0.25, 0.3) is 5.69 Å². The number of aromatic nitrogens is 1. The number of ether oxygens (including phenoxy) is 1. The van der Waals surface area contributed by atoms with Crippen molar-refractivity contribution in [2.24, 2.45) is 0 Å². The zero-order chi connectivity index (χ0) is 14.0. The van der Waals surface area contributed by atoms with E-state index >= 15 is 0 Å². The standard InChI is InChI=1S/C12H11ClN2O4/c1-7-10(8(2)19-14-7)6-18-12-5-9(15(16)17)3-4-11(12)13/h3-5H,6H2,1-2H3. The van der Waals surface area contributed by atoms with E-state index in [0.29, 0.717) is 10.8 Å². The van der Waals surface area contributed by atoms with Gasteiger partial charge in [-0.15, -0.1) is 0 Å². The number of aryl methyl sites for hydroxylation is 2. The van der Waals surface area contributed by atoms with Crippen LogP contribution in [-0.4, -0.2) is 10.1 Å². The Morgan fingerprint density at radius 1 is 1.47 bits per heavy atom. The summed E-state index contributed by atoms with van der Waals surface area (Å²) in [6.45, 7) is 3.76. The fourth-order valence-corrected chi connectivity index (χ4v) is 1.75. The number of rotatable bonds is 4. The Kier molecular flexibility index (Phi) is 3.71. The average molecular weight is 283 g/mol. The van der Waals surface area contributed by atoms with E-state index in [0.717, 1.165) is 11.3 Å². The molecule has 1 aromatic carbocycles. The monoisotopic (exact) mass is 282 g/mol. The van der Waals surface area contributed by atoms with Crippen molar-refractivity contribution < 1.29 is 14.2 Å². The summed E-state index contributed by atoms with van der Waals surface area (Å²) in [6, 6.07) is 4.05. The molecule has 19 heavy (non-hydrogen) atoms. The van der Waals surface area contributed by atoms with E-state index in [9.17, 15) is 10.1 Å². The summed E-state index contributed by atoms with van der Waals surface area (Å²) >= 11 is 5.93.